The third-order valence-corrected chi connectivity index (χ3v) is 3.33. The molecule has 0 saturated carbocycles. The Balaban J connectivity index is 2.01. The van der Waals surface area contributed by atoms with E-state index in [0.29, 0.717) is 5.69 Å². The summed E-state index contributed by atoms with van der Waals surface area (Å²) in [5.41, 5.74) is 0.561. The van der Waals surface area contributed by atoms with E-state index in [1.165, 1.54) is 6.07 Å². The lowest BCUT2D eigenvalue weighted by atomic mass is 10.1. The SMILES string of the molecule is Cc1ccc([N+](=O)[O-])c(NCC(=O)N2CCCCC2)n1. The van der Waals surface area contributed by atoms with E-state index in [0.717, 1.165) is 32.4 Å². The molecule has 1 aromatic rings. The average molecular weight is 278 g/mol. The maximum Gasteiger partial charge on any atom is 0.311 e. The highest BCUT2D eigenvalue weighted by molar-refractivity contribution is 5.81. The van der Waals surface area contributed by atoms with E-state index >= 15 is 0 Å². The molecule has 0 aromatic carbocycles. The first-order chi connectivity index (χ1) is 9.58. The number of hydrogen-bond donors (Lipinski definition) is 1. The number of nitro groups is 1. The molecule has 1 N–H and O–H groups in total. The van der Waals surface area contributed by atoms with Gasteiger partial charge in [0.15, 0.2) is 0 Å². The molecule has 1 fully saturated rings. The predicted molar refractivity (Wildman–Crippen MR) is 74.5 cm³/mol. The van der Waals surface area contributed by atoms with Crippen LogP contribution in [0.25, 0.3) is 0 Å². The number of amides is 1. The quantitative estimate of drug-likeness (QED) is 0.669. The van der Waals surface area contributed by atoms with E-state index in [1.807, 2.05) is 0 Å². The molecular weight excluding hydrogens is 260 g/mol. The van der Waals surface area contributed by atoms with Gasteiger partial charge in [-0.3, -0.25) is 14.9 Å². The summed E-state index contributed by atoms with van der Waals surface area (Å²) in [5.74, 6) is 0.114. The molecule has 0 unspecified atom stereocenters. The third-order valence-electron chi connectivity index (χ3n) is 3.33. The standard InChI is InChI=1S/C13H18N4O3/c1-10-5-6-11(17(19)20)13(15-10)14-9-12(18)16-7-3-2-4-8-16/h5-6H,2-4,7-9H2,1H3,(H,14,15). The second-order valence-corrected chi connectivity index (χ2v) is 4.87. The molecule has 20 heavy (non-hydrogen) atoms. The Morgan fingerprint density at radius 2 is 2.10 bits per heavy atom. The zero-order chi connectivity index (χ0) is 14.5. The van der Waals surface area contributed by atoms with E-state index in [1.54, 1.807) is 17.9 Å². The van der Waals surface area contributed by atoms with Gasteiger partial charge in [-0.25, -0.2) is 4.98 Å². The highest BCUT2D eigenvalue weighted by Gasteiger charge is 2.19. The summed E-state index contributed by atoms with van der Waals surface area (Å²) in [6.45, 7) is 3.33. The minimum atomic E-state index is -0.500. The molecule has 0 atom stereocenters. The molecule has 0 bridgehead atoms. The molecule has 0 radical (unpaired) electrons. The molecule has 7 heteroatoms. The molecule has 1 aliphatic heterocycles. The monoisotopic (exact) mass is 278 g/mol. The molecule has 1 aliphatic rings. The van der Waals surface area contributed by atoms with Crippen molar-refractivity contribution in [3.63, 3.8) is 0 Å². The van der Waals surface area contributed by atoms with Gasteiger partial charge in [-0.15, -0.1) is 0 Å². The van der Waals surface area contributed by atoms with Gasteiger partial charge in [-0.1, -0.05) is 0 Å². The molecule has 2 rings (SSSR count). The number of piperidine rings is 1. The normalized spacial score (nSPS) is 14.9. The van der Waals surface area contributed by atoms with Crippen molar-refractivity contribution >= 4 is 17.4 Å². The Hall–Kier alpha value is -2.18. The summed E-state index contributed by atoms with van der Waals surface area (Å²) in [5, 5.41) is 13.7. The number of hydrogen-bond acceptors (Lipinski definition) is 5. The highest BCUT2D eigenvalue weighted by Crippen LogP contribution is 2.21. The number of rotatable bonds is 4. The van der Waals surface area contributed by atoms with Gasteiger partial charge in [0.05, 0.1) is 11.5 Å². The van der Waals surface area contributed by atoms with E-state index in [2.05, 4.69) is 10.3 Å². The van der Waals surface area contributed by atoms with Crippen molar-refractivity contribution in [2.24, 2.45) is 0 Å². The minimum absolute atomic E-state index is 0.0390. The molecule has 7 nitrogen and oxygen atoms in total. The number of pyridine rings is 1. The van der Waals surface area contributed by atoms with Gasteiger partial charge in [0.1, 0.15) is 0 Å². The van der Waals surface area contributed by atoms with Crippen molar-refractivity contribution in [2.75, 3.05) is 25.0 Å². The van der Waals surface area contributed by atoms with Crippen molar-refractivity contribution in [3.05, 3.63) is 27.9 Å². The van der Waals surface area contributed by atoms with Gasteiger partial charge in [0.2, 0.25) is 11.7 Å². The van der Waals surface area contributed by atoms with Crippen LogP contribution in [0.4, 0.5) is 11.5 Å². The first-order valence-corrected chi connectivity index (χ1v) is 6.71. The Morgan fingerprint density at radius 1 is 1.40 bits per heavy atom. The third kappa shape index (κ3) is 3.43. The van der Waals surface area contributed by atoms with E-state index in [-0.39, 0.29) is 24.0 Å². The van der Waals surface area contributed by atoms with Gasteiger partial charge in [-0.2, -0.15) is 0 Å². The van der Waals surface area contributed by atoms with Gasteiger partial charge >= 0.3 is 5.69 Å². The Labute approximate surface area is 117 Å². The number of nitrogens with one attached hydrogen (secondary N) is 1. The van der Waals surface area contributed by atoms with Crippen LogP contribution in [0.15, 0.2) is 12.1 Å². The lowest BCUT2D eigenvalue weighted by Crippen LogP contribution is -2.39. The maximum atomic E-state index is 12.0. The van der Waals surface area contributed by atoms with Crippen LogP contribution in [0, 0.1) is 17.0 Å². The fourth-order valence-corrected chi connectivity index (χ4v) is 2.24. The molecule has 0 spiro atoms. The van der Waals surface area contributed by atoms with Crippen LogP contribution < -0.4 is 5.32 Å². The largest absolute Gasteiger partial charge is 0.355 e. The van der Waals surface area contributed by atoms with Crippen LogP contribution >= 0.6 is 0 Å². The van der Waals surface area contributed by atoms with Crippen LogP contribution in [0.1, 0.15) is 25.0 Å². The fourth-order valence-electron chi connectivity index (χ4n) is 2.24. The maximum absolute atomic E-state index is 12.0. The Bertz CT molecular complexity index is 512. The highest BCUT2D eigenvalue weighted by atomic mass is 16.6. The van der Waals surface area contributed by atoms with Gasteiger partial charge < -0.3 is 10.2 Å². The second-order valence-electron chi connectivity index (χ2n) is 4.87. The van der Waals surface area contributed by atoms with Crippen LogP contribution in [-0.2, 0) is 4.79 Å². The average Bonchev–Trinajstić information content (AvgIpc) is 2.45. The van der Waals surface area contributed by atoms with Gasteiger partial charge in [-0.05, 0) is 32.3 Å². The summed E-state index contributed by atoms with van der Waals surface area (Å²) in [6.07, 6.45) is 3.20. The van der Waals surface area contributed by atoms with Crippen molar-refractivity contribution in [2.45, 2.75) is 26.2 Å². The van der Waals surface area contributed by atoms with E-state index in [4.69, 9.17) is 0 Å². The number of carbonyl (C=O) groups is 1. The Morgan fingerprint density at radius 3 is 2.75 bits per heavy atom. The van der Waals surface area contributed by atoms with Gasteiger partial charge in [0.25, 0.3) is 0 Å². The number of aryl methyl sites for hydroxylation is 1. The molecular formula is C13H18N4O3. The number of nitrogens with zero attached hydrogens (tertiary/aromatic N) is 3. The van der Waals surface area contributed by atoms with Crippen LogP contribution in [-0.4, -0.2) is 40.3 Å². The lowest BCUT2D eigenvalue weighted by molar-refractivity contribution is -0.384. The van der Waals surface area contributed by atoms with Crippen molar-refractivity contribution in [1.82, 2.24) is 9.88 Å². The molecule has 1 amide bonds. The van der Waals surface area contributed by atoms with Gasteiger partial charge in [0, 0.05) is 24.8 Å². The van der Waals surface area contributed by atoms with Crippen molar-refractivity contribution in [1.29, 1.82) is 0 Å². The zero-order valence-corrected chi connectivity index (χ0v) is 11.5. The van der Waals surface area contributed by atoms with E-state index < -0.39 is 4.92 Å². The molecule has 2 heterocycles. The van der Waals surface area contributed by atoms with Crippen molar-refractivity contribution < 1.29 is 9.72 Å². The number of aromatic nitrogens is 1. The summed E-state index contributed by atoms with van der Waals surface area (Å²) in [6, 6.07) is 2.98. The summed E-state index contributed by atoms with van der Waals surface area (Å²) >= 11 is 0. The zero-order valence-electron chi connectivity index (χ0n) is 11.5. The Kier molecular flexibility index (Phi) is 4.49. The number of likely N-dealkylation sites (tertiary alicyclic amines) is 1. The van der Waals surface area contributed by atoms with Crippen molar-refractivity contribution in [3.8, 4) is 0 Å². The predicted octanol–water partition coefficient (Wildman–Crippen LogP) is 1.72. The molecule has 108 valence electrons. The van der Waals surface area contributed by atoms with E-state index in [9.17, 15) is 14.9 Å². The van der Waals surface area contributed by atoms with Crippen LogP contribution in [0.5, 0.6) is 0 Å². The molecule has 1 saturated heterocycles. The lowest BCUT2D eigenvalue weighted by Gasteiger charge is -2.26. The first-order valence-electron chi connectivity index (χ1n) is 6.71. The second kappa shape index (κ2) is 6.31. The summed E-state index contributed by atoms with van der Waals surface area (Å²) in [7, 11) is 0. The smallest absolute Gasteiger partial charge is 0.311 e. The summed E-state index contributed by atoms with van der Waals surface area (Å²) < 4.78 is 0. The first kappa shape index (κ1) is 14.2. The number of carbonyl (C=O) groups excluding carboxylic acids is 1. The number of anilines is 1. The topological polar surface area (TPSA) is 88.4 Å². The van der Waals surface area contributed by atoms with Crippen LogP contribution in [0.2, 0.25) is 0 Å². The minimum Gasteiger partial charge on any atom is -0.355 e. The van der Waals surface area contributed by atoms with Crippen LogP contribution in [0.3, 0.4) is 0 Å². The molecule has 1 aromatic heterocycles. The fraction of sp³-hybridized carbons (Fsp3) is 0.538. The molecule has 0 aliphatic carbocycles. The summed E-state index contributed by atoms with van der Waals surface area (Å²) in [4.78, 5) is 28.3.